The van der Waals surface area contributed by atoms with Gasteiger partial charge in [0.25, 0.3) is 5.69 Å². The van der Waals surface area contributed by atoms with Gasteiger partial charge < -0.3 is 4.90 Å². The second kappa shape index (κ2) is 8.58. The molecule has 0 N–H and O–H groups in total. The van der Waals surface area contributed by atoms with Gasteiger partial charge in [-0.3, -0.25) is 10.1 Å². The average molecular weight is 364 g/mol. The predicted octanol–water partition coefficient (Wildman–Crippen LogP) is 4.82. The van der Waals surface area contributed by atoms with E-state index in [1.807, 2.05) is 13.8 Å². The molecular formula is C21H24N4O2. The molecule has 0 radical (unpaired) electrons. The van der Waals surface area contributed by atoms with Crippen LogP contribution in [0.3, 0.4) is 0 Å². The summed E-state index contributed by atoms with van der Waals surface area (Å²) in [6.45, 7) is 6.04. The Morgan fingerprint density at radius 3 is 1.81 bits per heavy atom. The Morgan fingerprint density at radius 1 is 0.852 bits per heavy atom. The van der Waals surface area contributed by atoms with Gasteiger partial charge in [0.15, 0.2) is 0 Å². The number of nitro groups is 1. The lowest BCUT2D eigenvalue weighted by molar-refractivity contribution is -0.384. The number of hydrogen-bond acceptors (Lipinski definition) is 5. The highest BCUT2D eigenvalue weighted by atomic mass is 16.6. The van der Waals surface area contributed by atoms with Crippen LogP contribution in [0.1, 0.15) is 44.2 Å². The Kier molecular flexibility index (Phi) is 5.96. The van der Waals surface area contributed by atoms with Gasteiger partial charge in [0.1, 0.15) is 0 Å². The largest absolute Gasteiger partial charge is 0.372 e. The lowest BCUT2D eigenvalue weighted by Crippen LogP contribution is -2.29. The van der Waals surface area contributed by atoms with Crippen LogP contribution in [0.2, 0.25) is 0 Å². The van der Waals surface area contributed by atoms with Gasteiger partial charge >= 0.3 is 0 Å². The number of nitrogens with zero attached hydrogens (tertiary/aromatic N) is 4. The molecule has 140 valence electrons. The van der Waals surface area contributed by atoms with Crippen molar-refractivity contribution in [2.24, 2.45) is 10.2 Å². The second-order valence-electron chi connectivity index (χ2n) is 6.77. The van der Waals surface area contributed by atoms with Gasteiger partial charge in [-0.1, -0.05) is 12.1 Å². The summed E-state index contributed by atoms with van der Waals surface area (Å²) in [4.78, 5) is 12.7. The molecule has 2 aromatic carbocycles. The third-order valence-electron chi connectivity index (χ3n) is 4.85. The van der Waals surface area contributed by atoms with Crippen molar-refractivity contribution >= 4 is 22.8 Å². The SMILES string of the molecule is CC(=NN=C(C)c1ccc([N+](=O)[O-])cc1)c1ccc(N2CCCCC2)cc1. The predicted molar refractivity (Wildman–Crippen MR) is 110 cm³/mol. The van der Waals surface area contributed by atoms with Crippen LogP contribution in [-0.4, -0.2) is 29.4 Å². The fourth-order valence-corrected chi connectivity index (χ4v) is 3.16. The van der Waals surface area contributed by atoms with E-state index in [-0.39, 0.29) is 5.69 Å². The molecule has 3 rings (SSSR count). The molecule has 6 heteroatoms. The summed E-state index contributed by atoms with van der Waals surface area (Å²) in [6.07, 6.45) is 3.85. The zero-order chi connectivity index (χ0) is 19.2. The Balaban J connectivity index is 1.70. The summed E-state index contributed by atoms with van der Waals surface area (Å²) in [7, 11) is 0. The van der Waals surface area contributed by atoms with Gasteiger partial charge in [0.2, 0.25) is 0 Å². The maximum absolute atomic E-state index is 10.7. The minimum atomic E-state index is -0.411. The number of rotatable bonds is 5. The topological polar surface area (TPSA) is 71.1 Å². The van der Waals surface area contributed by atoms with Crippen molar-refractivity contribution < 1.29 is 4.92 Å². The molecule has 6 nitrogen and oxygen atoms in total. The van der Waals surface area contributed by atoms with Crippen LogP contribution in [0.15, 0.2) is 58.7 Å². The quantitative estimate of drug-likeness (QED) is 0.434. The van der Waals surface area contributed by atoms with Crippen LogP contribution in [-0.2, 0) is 0 Å². The molecule has 1 aliphatic rings. The highest BCUT2D eigenvalue weighted by Gasteiger charge is 2.11. The van der Waals surface area contributed by atoms with E-state index in [0.29, 0.717) is 5.71 Å². The fourth-order valence-electron chi connectivity index (χ4n) is 3.16. The molecule has 0 bridgehead atoms. The molecule has 2 aromatic rings. The van der Waals surface area contributed by atoms with Gasteiger partial charge in [-0.05, 0) is 68.5 Å². The van der Waals surface area contributed by atoms with Gasteiger partial charge in [0.05, 0.1) is 16.3 Å². The van der Waals surface area contributed by atoms with E-state index in [1.54, 1.807) is 12.1 Å². The van der Waals surface area contributed by atoms with Crippen molar-refractivity contribution in [2.45, 2.75) is 33.1 Å². The van der Waals surface area contributed by atoms with Crippen LogP contribution >= 0.6 is 0 Å². The zero-order valence-electron chi connectivity index (χ0n) is 15.8. The molecule has 1 fully saturated rings. The summed E-state index contributed by atoms with van der Waals surface area (Å²) >= 11 is 0. The molecule has 0 spiro atoms. The van der Waals surface area contributed by atoms with Crippen LogP contribution in [0.25, 0.3) is 0 Å². The number of nitro benzene ring substituents is 1. The van der Waals surface area contributed by atoms with Crippen molar-refractivity contribution in [3.8, 4) is 0 Å². The van der Waals surface area contributed by atoms with Crippen molar-refractivity contribution in [3.05, 3.63) is 69.8 Å². The molecule has 27 heavy (non-hydrogen) atoms. The number of benzene rings is 2. The Bertz CT molecular complexity index is 849. The summed E-state index contributed by atoms with van der Waals surface area (Å²) in [5.74, 6) is 0. The Hall–Kier alpha value is -3.02. The summed E-state index contributed by atoms with van der Waals surface area (Å²) in [5, 5.41) is 19.3. The van der Waals surface area contributed by atoms with E-state index in [0.717, 1.165) is 29.9 Å². The second-order valence-corrected chi connectivity index (χ2v) is 6.77. The molecule has 0 aromatic heterocycles. The normalized spacial score (nSPS) is 15.7. The molecule has 0 amide bonds. The number of hydrogen-bond donors (Lipinski definition) is 0. The molecule has 1 heterocycles. The maximum Gasteiger partial charge on any atom is 0.269 e. The molecule has 0 aliphatic carbocycles. The van der Waals surface area contributed by atoms with Crippen molar-refractivity contribution in [2.75, 3.05) is 18.0 Å². The summed E-state index contributed by atoms with van der Waals surface area (Å²) in [6, 6.07) is 14.8. The van der Waals surface area contributed by atoms with E-state index in [9.17, 15) is 10.1 Å². The molecule has 0 unspecified atom stereocenters. The van der Waals surface area contributed by atoms with E-state index in [2.05, 4.69) is 39.4 Å². The summed E-state index contributed by atoms with van der Waals surface area (Å²) in [5.41, 5.74) is 4.74. The monoisotopic (exact) mass is 364 g/mol. The zero-order valence-corrected chi connectivity index (χ0v) is 15.8. The number of anilines is 1. The van der Waals surface area contributed by atoms with E-state index >= 15 is 0 Å². The molecule has 0 saturated carbocycles. The van der Waals surface area contributed by atoms with Crippen LogP contribution in [0.4, 0.5) is 11.4 Å². The number of piperidine rings is 1. The first-order chi connectivity index (χ1) is 13.0. The third-order valence-corrected chi connectivity index (χ3v) is 4.85. The van der Waals surface area contributed by atoms with Crippen molar-refractivity contribution in [1.29, 1.82) is 0 Å². The minimum absolute atomic E-state index is 0.0695. The maximum atomic E-state index is 10.7. The highest BCUT2D eigenvalue weighted by molar-refractivity contribution is 6.01. The van der Waals surface area contributed by atoms with Crippen LogP contribution in [0.5, 0.6) is 0 Å². The lowest BCUT2D eigenvalue weighted by Gasteiger charge is -2.28. The fraction of sp³-hybridized carbons (Fsp3) is 0.333. The van der Waals surface area contributed by atoms with Crippen molar-refractivity contribution in [1.82, 2.24) is 0 Å². The van der Waals surface area contributed by atoms with Crippen LogP contribution in [0, 0.1) is 10.1 Å². The van der Waals surface area contributed by atoms with E-state index < -0.39 is 4.92 Å². The first kappa shape index (κ1) is 18.8. The van der Waals surface area contributed by atoms with Gasteiger partial charge in [-0.25, -0.2) is 0 Å². The van der Waals surface area contributed by atoms with Gasteiger partial charge in [0, 0.05) is 30.9 Å². The van der Waals surface area contributed by atoms with E-state index in [4.69, 9.17) is 0 Å². The molecule has 0 atom stereocenters. The molecule has 1 aliphatic heterocycles. The van der Waals surface area contributed by atoms with E-state index in [1.165, 1.54) is 37.1 Å². The first-order valence-electron chi connectivity index (χ1n) is 9.23. The minimum Gasteiger partial charge on any atom is -0.372 e. The number of non-ortho nitro benzene ring substituents is 1. The highest BCUT2D eigenvalue weighted by Crippen LogP contribution is 2.20. The molecule has 1 saturated heterocycles. The first-order valence-corrected chi connectivity index (χ1v) is 9.23. The third kappa shape index (κ3) is 4.78. The molecular weight excluding hydrogens is 340 g/mol. The van der Waals surface area contributed by atoms with Gasteiger partial charge in [-0.15, -0.1) is 0 Å². The van der Waals surface area contributed by atoms with Crippen molar-refractivity contribution in [3.63, 3.8) is 0 Å². The van der Waals surface area contributed by atoms with Gasteiger partial charge in [-0.2, -0.15) is 10.2 Å². The Labute approximate surface area is 159 Å². The Morgan fingerprint density at radius 2 is 1.33 bits per heavy atom. The smallest absolute Gasteiger partial charge is 0.269 e. The standard InChI is InChI=1S/C21H24N4O2/c1-16(18-6-10-20(11-7-18)24-14-4-3-5-15-24)22-23-17(2)19-8-12-21(13-9-19)25(26)27/h6-13H,3-5,14-15H2,1-2H3. The summed E-state index contributed by atoms with van der Waals surface area (Å²) < 4.78 is 0. The van der Waals surface area contributed by atoms with Crippen LogP contribution < -0.4 is 4.90 Å². The average Bonchev–Trinajstić information content (AvgIpc) is 2.72. The lowest BCUT2D eigenvalue weighted by atomic mass is 10.1.